The van der Waals surface area contributed by atoms with E-state index in [9.17, 15) is 13.6 Å². The topological polar surface area (TPSA) is 67.4 Å². The van der Waals surface area contributed by atoms with E-state index in [4.69, 9.17) is 4.74 Å². The molecule has 0 saturated heterocycles. The molecule has 2 amide bonds. The minimum Gasteiger partial charge on any atom is -0.497 e. The lowest BCUT2D eigenvalue weighted by molar-refractivity contribution is 0.205. The Kier molecular flexibility index (Phi) is 5.07. The number of nitrogens with zero attached hydrogens (tertiary/aromatic N) is 3. The van der Waals surface area contributed by atoms with E-state index in [-0.39, 0.29) is 6.54 Å². The lowest BCUT2D eigenvalue weighted by atomic mass is 10.1. The van der Waals surface area contributed by atoms with E-state index >= 15 is 0 Å². The average Bonchev–Trinajstić information content (AvgIpc) is 2.75. The quantitative estimate of drug-likeness (QED) is 0.726. The fourth-order valence-electron chi connectivity index (χ4n) is 3.17. The molecule has 0 atom stereocenters. The van der Waals surface area contributed by atoms with Crippen LogP contribution in [0.3, 0.4) is 0 Å². The summed E-state index contributed by atoms with van der Waals surface area (Å²) in [5, 5.41) is 2.31. The van der Waals surface area contributed by atoms with Gasteiger partial charge in [0.2, 0.25) is 0 Å². The number of nitrogens with one attached hydrogen (secondary N) is 1. The number of hydrogen-bond acceptors (Lipinski definition) is 4. The maximum Gasteiger partial charge on any atom is 0.322 e. The van der Waals surface area contributed by atoms with Gasteiger partial charge in [0, 0.05) is 30.3 Å². The van der Waals surface area contributed by atoms with E-state index < -0.39 is 23.4 Å². The fraction of sp³-hybridized carbons (Fsp3) is 0.190. The van der Waals surface area contributed by atoms with E-state index in [0.717, 1.165) is 34.7 Å². The van der Waals surface area contributed by atoms with Crippen LogP contribution in [0.15, 0.2) is 48.7 Å². The first-order valence-electron chi connectivity index (χ1n) is 9.04. The molecule has 0 aliphatic carbocycles. The number of ether oxygens (including phenoxy) is 1. The maximum atomic E-state index is 13.8. The molecule has 0 bridgehead atoms. The molecule has 0 radical (unpaired) electrons. The van der Waals surface area contributed by atoms with E-state index in [2.05, 4.69) is 15.3 Å². The molecule has 1 aromatic heterocycles. The van der Waals surface area contributed by atoms with Crippen LogP contribution in [0, 0.1) is 11.6 Å². The van der Waals surface area contributed by atoms with Crippen LogP contribution in [-0.4, -0.2) is 34.6 Å². The molecule has 0 spiro atoms. The first kappa shape index (κ1) is 18.8. The lowest BCUT2D eigenvalue weighted by Crippen LogP contribution is -2.39. The minimum atomic E-state index is -0.816. The van der Waals surface area contributed by atoms with Gasteiger partial charge in [-0.15, -0.1) is 0 Å². The van der Waals surface area contributed by atoms with Gasteiger partial charge in [0.15, 0.2) is 5.82 Å². The number of para-hydroxylation sites is 1. The summed E-state index contributed by atoms with van der Waals surface area (Å²) in [5.74, 6) is -0.288. The summed E-state index contributed by atoms with van der Waals surface area (Å²) in [6.45, 7) is 0.647. The van der Waals surface area contributed by atoms with Crippen LogP contribution in [-0.2, 0) is 13.0 Å². The largest absolute Gasteiger partial charge is 0.497 e. The summed E-state index contributed by atoms with van der Waals surface area (Å²) in [6.07, 6.45) is 2.21. The summed E-state index contributed by atoms with van der Waals surface area (Å²) in [7, 11) is 1.60. The Labute approximate surface area is 166 Å². The predicted molar refractivity (Wildman–Crippen MR) is 104 cm³/mol. The maximum absolute atomic E-state index is 13.8. The van der Waals surface area contributed by atoms with Gasteiger partial charge in [0.25, 0.3) is 0 Å². The van der Waals surface area contributed by atoms with Crippen molar-refractivity contribution in [3.8, 4) is 17.1 Å². The molecule has 3 aromatic rings. The van der Waals surface area contributed by atoms with Crippen LogP contribution in [0.2, 0.25) is 0 Å². The Bertz CT molecular complexity index is 1040. The Morgan fingerprint density at radius 3 is 2.55 bits per heavy atom. The standard InChI is InChI=1S/C21H18F2N4O2/c1-29-15-7-5-13(6-8-15)20-24-11-14-12-27(10-9-18(14)25-20)21(28)26-19-16(22)3-2-4-17(19)23/h2-8,11H,9-10,12H2,1H3,(H,26,28). The van der Waals surface area contributed by atoms with Crippen molar-refractivity contribution in [1.29, 1.82) is 0 Å². The predicted octanol–water partition coefficient (Wildman–Crippen LogP) is 4.02. The zero-order valence-electron chi connectivity index (χ0n) is 15.7. The van der Waals surface area contributed by atoms with Gasteiger partial charge in [0.1, 0.15) is 23.1 Å². The van der Waals surface area contributed by atoms with Crippen LogP contribution < -0.4 is 10.1 Å². The second-order valence-electron chi connectivity index (χ2n) is 6.59. The van der Waals surface area contributed by atoms with Gasteiger partial charge < -0.3 is 15.0 Å². The van der Waals surface area contributed by atoms with Crippen molar-refractivity contribution in [3.63, 3.8) is 0 Å². The van der Waals surface area contributed by atoms with Gasteiger partial charge >= 0.3 is 6.03 Å². The van der Waals surface area contributed by atoms with Crippen molar-refractivity contribution in [1.82, 2.24) is 14.9 Å². The zero-order chi connectivity index (χ0) is 20.4. The van der Waals surface area contributed by atoms with Gasteiger partial charge in [-0.3, -0.25) is 0 Å². The first-order chi connectivity index (χ1) is 14.0. The smallest absolute Gasteiger partial charge is 0.322 e. The molecule has 4 rings (SSSR count). The Morgan fingerprint density at radius 1 is 1.14 bits per heavy atom. The molecule has 6 nitrogen and oxygen atoms in total. The summed E-state index contributed by atoms with van der Waals surface area (Å²) in [6, 6.07) is 10.3. The molecule has 29 heavy (non-hydrogen) atoms. The first-order valence-corrected chi connectivity index (χ1v) is 9.04. The van der Waals surface area contributed by atoms with Gasteiger partial charge in [-0.05, 0) is 36.4 Å². The molecular weight excluding hydrogens is 378 g/mol. The number of urea groups is 1. The van der Waals surface area contributed by atoms with Crippen LogP contribution >= 0.6 is 0 Å². The number of rotatable bonds is 3. The Morgan fingerprint density at radius 2 is 1.86 bits per heavy atom. The molecule has 8 heteroatoms. The van der Waals surface area contributed by atoms with Crippen LogP contribution in [0.25, 0.3) is 11.4 Å². The highest BCUT2D eigenvalue weighted by Crippen LogP contribution is 2.24. The number of anilines is 1. The highest BCUT2D eigenvalue weighted by molar-refractivity contribution is 5.89. The van der Waals surface area contributed by atoms with Crippen molar-refractivity contribution >= 4 is 11.7 Å². The number of halogens is 2. The Hall–Kier alpha value is -3.55. The molecule has 1 aliphatic rings. The number of carbonyl (C=O) groups is 1. The fourth-order valence-corrected chi connectivity index (χ4v) is 3.17. The molecule has 148 valence electrons. The van der Waals surface area contributed by atoms with E-state index in [1.165, 1.54) is 11.0 Å². The number of fused-ring (bicyclic) bond motifs is 1. The van der Waals surface area contributed by atoms with Gasteiger partial charge in [-0.1, -0.05) is 6.07 Å². The van der Waals surface area contributed by atoms with Crippen molar-refractivity contribution < 1.29 is 18.3 Å². The number of aromatic nitrogens is 2. The summed E-state index contributed by atoms with van der Waals surface area (Å²) < 4.78 is 32.7. The molecule has 0 fully saturated rings. The van der Waals surface area contributed by atoms with Gasteiger partial charge in [-0.25, -0.2) is 23.5 Å². The SMILES string of the molecule is COc1ccc(-c2ncc3c(n2)CCN(C(=O)Nc2c(F)cccc2F)C3)cc1. The second-order valence-corrected chi connectivity index (χ2v) is 6.59. The molecular formula is C21H18F2N4O2. The van der Waals surface area contributed by atoms with Crippen molar-refractivity contribution in [2.24, 2.45) is 0 Å². The highest BCUT2D eigenvalue weighted by Gasteiger charge is 2.24. The molecule has 2 heterocycles. The third-order valence-electron chi connectivity index (χ3n) is 4.76. The summed E-state index contributed by atoms with van der Waals surface area (Å²) >= 11 is 0. The molecule has 1 aliphatic heterocycles. The van der Waals surface area contributed by atoms with Crippen molar-refractivity contribution in [2.45, 2.75) is 13.0 Å². The van der Waals surface area contributed by atoms with Crippen LogP contribution in [0.4, 0.5) is 19.3 Å². The zero-order valence-corrected chi connectivity index (χ0v) is 15.7. The van der Waals surface area contributed by atoms with E-state index in [0.29, 0.717) is 18.8 Å². The number of benzene rings is 2. The molecule has 1 N–H and O–H groups in total. The highest BCUT2D eigenvalue weighted by atomic mass is 19.1. The third kappa shape index (κ3) is 3.87. The normalized spacial score (nSPS) is 13.0. The Balaban J connectivity index is 1.49. The number of methoxy groups -OCH3 is 1. The van der Waals surface area contributed by atoms with Gasteiger partial charge in [-0.2, -0.15) is 0 Å². The number of carbonyl (C=O) groups excluding carboxylic acids is 1. The third-order valence-corrected chi connectivity index (χ3v) is 4.76. The molecule has 0 unspecified atom stereocenters. The number of amides is 2. The number of hydrogen-bond donors (Lipinski definition) is 1. The van der Waals surface area contributed by atoms with E-state index in [1.54, 1.807) is 13.3 Å². The minimum absolute atomic E-state index is 0.264. The van der Waals surface area contributed by atoms with Crippen LogP contribution in [0.5, 0.6) is 5.75 Å². The average molecular weight is 396 g/mol. The van der Waals surface area contributed by atoms with Gasteiger partial charge in [0.05, 0.1) is 19.3 Å². The van der Waals surface area contributed by atoms with Crippen molar-refractivity contribution in [2.75, 3.05) is 19.0 Å². The molecule has 2 aromatic carbocycles. The molecule has 0 saturated carbocycles. The summed E-state index contributed by atoms with van der Waals surface area (Å²) in [5.41, 5.74) is 2.07. The lowest BCUT2D eigenvalue weighted by Gasteiger charge is -2.28. The monoisotopic (exact) mass is 396 g/mol. The van der Waals surface area contributed by atoms with Crippen LogP contribution in [0.1, 0.15) is 11.3 Å². The van der Waals surface area contributed by atoms with Crippen molar-refractivity contribution in [3.05, 3.63) is 71.6 Å². The summed E-state index contributed by atoms with van der Waals surface area (Å²) in [4.78, 5) is 22.9. The second kappa shape index (κ2) is 7.83. The van der Waals surface area contributed by atoms with E-state index in [1.807, 2.05) is 24.3 Å².